The Kier molecular flexibility index (Phi) is 5.56. The van der Waals surface area contributed by atoms with Crippen LogP contribution in [0.1, 0.15) is 31.2 Å². The van der Waals surface area contributed by atoms with E-state index in [-0.39, 0.29) is 17.8 Å². The summed E-state index contributed by atoms with van der Waals surface area (Å²) in [7, 11) is 2.99. The third-order valence-corrected chi connectivity index (χ3v) is 3.99. The van der Waals surface area contributed by atoms with Crippen LogP contribution in [0, 0.1) is 5.82 Å². The van der Waals surface area contributed by atoms with Gasteiger partial charge in [-0.15, -0.1) is 0 Å². The van der Waals surface area contributed by atoms with E-state index in [2.05, 4.69) is 4.90 Å². The zero-order chi connectivity index (χ0) is 15.2. The molecule has 1 aliphatic heterocycles. The van der Waals surface area contributed by atoms with Crippen molar-refractivity contribution in [2.75, 3.05) is 20.8 Å². The molecule has 1 aromatic rings. The molecule has 0 aromatic heterocycles. The molecule has 0 saturated carbocycles. The summed E-state index contributed by atoms with van der Waals surface area (Å²) in [5.41, 5.74) is 0.814. The summed E-state index contributed by atoms with van der Waals surface area (Å²) >= 11 is 0. The summed E-state index contributed by atoms with van der Waals surface area (Å²) in [6, 6.07) is 4.69. The fourth-order valence-corrected chi connectivity index (χ4v) is 2.86. The van der Waals surface area contributed by atoms with Gasteiger partial charge in [-0.2, -0.15) is 0 Å². The van der Waals surface area contributed by atoms with E-state index < -0.39 is 0 Å². The topological polar surface area (TPSA) is 38.8 Å². The molecule has 0 bridgehead atoms. The van der Waals surface area contributed by atoms with Gasteiger partial charge < -0.3 is 9.47 Å². The highest BCUT2D eigenvalue weighted by Crippen LogP contribution is 2.26. The maximum absolute atomic E-state index is 13.5. The Bertz CT molecular complexity index is 492. The Hall–Kier alpha value is -1.62. The molecule has 1 atom stereocenters. The van der Waals surface area contributed by atoms with Crippen molar-refractivity contribution in [1.29, 1.82) is 0 Å². The van der Waals surface area contributed by atoms with Gasteiger partial charge in [0.25, 0.3) is 0 Å². The fourth-order valence-electron chi connectivity index (χ4n) is 2.86. The van der Waals surface area contributed by atoms with Crippen molar-refractivity contribution in [3.8, 4) is 5.75 Å². The Morgan fingerprint density at radius 1 is 1.38 bits per heavy atom. The van der Waals surface area contributed by atoms with Crippen LogP contribution in [-0.2, 0) is 16.1 Å². The van der Waals surface area contributed by atoms with Crippen LogP contribution in [0.25, 0.3) is 0 Å². The normalized spacial score (nSPS) is 19.3. The Morgan fingerprint density at radius 2 is 2.19 bits per heavy atom. The van der Waals surface area contributed by atoms with E-state index in [0.29, 0.717) is 18.7 Å². The third-order valence-electron chi connectivity index (χ3n) is 3.99. The van der Waals surface area contributed by atoms with E-state index >= 15 is 0 Å². The van der Waals surface area contributed by atoms with Crippen LogP contribution >= 0.6 is 0 Å². The van der Waals surface area contributed by atoms with Gasteiger partial charge in [-0.1, -0.05) is 6.42 Å². The molecular formula is C16H22FNO3. The van der Waals surface area contributed by atoms with Gasteiger partial charge in [-0.05, 0) is 37.6 Å². The summed E-state index contributed by atoms with van der Waals surface area (Å²) < 4.78 is 23.5. The lowest BCUT2D eigenvalue weighted by molar-refractivity contribution is -0.142. The number of carbonyl (C=O) groups is 1. The van der Waals surface area contributed by atoms with Crippen LogP contribution in [-0.4, -0.2) is 37.7 Å². The fraction of sp³-hybridized carbons (Fsp3) is 0.562. The molecule has 1 unspecified atom stereocenters. The first kappa shape index (κ1) is 15.8. The molecule has 1 aromatic carbocycles. The number of hydrogen-bond acceptors (Lipinski definition) is 4. The second-order valence-electron chi connectivity index (χ2n) is 5.36. The number of ether oxygens (including phenoxy) is 2. The molecule has 2 rings (SSSR count). The lowest BCUT2D eigenvalue weighted by Crippen LogP contribution is -2.40. The first-order valence-corrected chi connectivity index (χ1v) is 7.27. The van der Waals surface area contributed by atoms with Crippen LogP contribution in [0.2, 0.25) is 0 Å². The molecule has 0 aliphatic carbocycles. The minimum Gasteiger partial charge on any atom is -0.496 e. The molecule has 116 valence electrons. The number of benzene rings is 1. The van der Waals surface area contributed by atoms with Crippen molar-refractivity contribution in [3.05, 3.63) is 29.6 Å². The van der Waals surface area contributed by atoms with Gasteiger partial charge in [0.15, 0.2) is 0 Å². The van der Waals surface area contributed by atoms with E-state index in [9.17, 15) is 9.18 Å². The van der Waals surface area contributed by atoms with E-state index in [0.717, 1.165) is 31.4 Å². The van der Waals surface area contributed by atoms with E-state index in [1.54, 1.807) is 13.2 Å². The molecule has 1 saturated heterocycles. The SMILES string of the molecule is COC(=O)CC1CCCCN1Cc1cc(F)ccc1OC. The average Bonchev–Trinajstić information content (AvgIpc) is 2.49. The Morgan fingerprint density at radius 3 is 2.90 bits per heavy atom. The molecular weight excluding hydrogens is 273 g/mol. The van der Waals surface area contributed by atoms with Crippen molar-refractivity contribution < 1.29 is 18.7 Å². The average molecular weight is 295 g/mol. The molecule has 4 nitrogen and oxygen atoms in total. The summed E-state index contributed by atoms with van der Waals surface area (Å²) in [5.74, 6) is 0.212. The molecule has 1 heterocycles. The van der Waals surface area contributed by atoms with E-state index in [1.807, 2.05) is 0 Å². The van der Waals surface area contributed by atoms with Gasteiger partial charge in [0.05, 0.1) is 20.6 Å². The second-order valence-corrected chi connectivity index (χ2v) is 5.36. The number of hydrogen-bond donors (Lipinski definition) is 0. The zero-order valence-corrected chi connectivity index (χ0v) is 12.6. The van der Waals surface area contributed by atoms with Crippen molar-refractivity contribution >= 4 is 5.97 Å². The smallest absolute Gasteiger partial charge is 0.307 e. The number of carbonyl (C=O) groups excluding carboxylic acids is 1. The van der Waals surface area contributed by atoms with Crippen LogP contribution in [0.5, 0.6) is 5.75 Å². The number of rotatable bonds is 5. The van der Waals surface area contributed by atoms with Gasteiger partial charge in [-0.25, -0.2) is 4.39 Å². The van der Waals surface area contributed by atoms with Gasteiger partial charge in [-0.3, -0.25) is 9.69 Å². The summed E-state index contributed by atoms with van der Waals surface area (Å²) in [5, 5.41) is 0. The van der Waals surface area contributed by atoms with Gasteiger partial charge >= 0.3 is 5.97 Å². The molecule has 0 amide bonds. The molecule has 21 heavy (non-hydrogen) atoms. The number of esters is 1. The monoisotopic (exact) mass is 295 g/mol. The largest absolute Gasteiger partial charge is 0.496 e. The van der Waals surface area contributed by atoms with Crippen molar-refractivity contribution in [1.82, 2.24) is 4.90 Å². The first-order chi connectivity index (χ1) is 10.1. The predicted octanol–water partition coefficient (Wildman–Crippen LogP) is 2.75. The van der Waals surface area contributed by atoms with Gasteiger partial charge in [0.1, 0.15) is 11.6 Å². The predicted molar refractivity (Wildman–Crippen MR) is 77.6 cm³/mol. The lowest BCUT2D eigenvalue weighted by Gasteiger charge is -2.35. The molecule has 0 spiro atoms. The minimum atomic E-state index is -0.271. The Labute approximate surface area is 124 Å². The minimum absolute atomic E-state index is 0.152. The summed E-state index contributed by atoms with van der Waals surface area (Å²) in [6.07, 6.45) is 3.55. The van der Waals surface area contributed by atoms with Crippen LogP contribution in [0.4, 0.5) is 4.39 Å². The third kappa shape index (κ3) is 4.17. The molecule has 0 N–H and O–H groups in total. The van der Waals surface area contributed by atoms with Crippen LogP contribution in [0.15, 0.2) is 18.2 Å². The standard InChI is InChI=1S/C16H22FNO3/c1-20-15-7-6-13(17)9-12(15)11-18-8-4-3-5-14(18)10-16(19)21-2/h6-7,9,14H,3-5,8,10-11H2,1-2H3. The Balaban J connectivity index is 2.11. The highest BCUT2D eigenvalue weighted by atomic mass is 19.1. The lowest BCUT2D eigenvalue weighted by atomic mass is 9.98. The first-order valence-electron chi connectivity index (χ1n) is 7.27. The zero-order valence-electron chi connectivity index (χ0n) is 12.6. The molecule has 1 aliphatic rings. The summed E-state index contributed by atoms with van der Waals surface area (Å²) in [4.78, 5) is 13.7. The number of piperidine rings is 1. The highest BCUT2D eigenvalue weighted by Gasteiger charge is 2.26. The highest BCUT2D eigenvalue weighted by molar-refractivity contribution is 5.69. The quantitative estimate of drug-likeness (QED) is 0.783. The van der Waals surface area contributed by atoms with Crippen molar-refractivity contribution in [3.63, 3.8) is 0 Å². The maximum Gasteiger partial charge on any atom is 0.307 e. The molecule has 0 radical (unpaired) electrons. The van der Waals surface area contributed by atoms with E-state index in [4.69, 9.17) is 9.47 Å². The van der Waals surface area contributed by atoms with Crippen molar-refractivity contribution in [2.24, 2.45) is 0 Å². The number of nitrogens with zero attached hydrogens (tertiary/aromatic N) is 1. The summed E-state index contributed by atoms with van der Waals surface area (Å²) in [6.45, 7) is 1.49. The van der Waals surface area contributed by atoms with Crippen LogP contribution in [0.3, 0.4) is 0 Å². The maximum atomic E-state index is 13.5. The number of likely N-dealkylation sites (tertiary alicyclic amines) is 1. The number of halogens is 1. The van der Waals surface area contributed by atoms with Crippen molar-refractivity contribution in [2.45, 2.75) is 38.3 Å². The second kappa shape index (κ2) is 7.41. The van der Waals surface area contributed by atoms with Gasteiger partial charge in [0.2, 0.25) is 0 Å². The van der Waals surface area contributed by atoms with Crippen LogP contribution < -0.4 is 4.74 Å². The van der Waals surface area contributed by atoms with Gasteiger partial charge in [0, 0.05) is 18.2 Å². The molecule has 5 heteroatoms. The molecule has 1 fully saturated rings. The van der Waals surface area contributed by atoms with E-state index in [1.165, 1.54) is 19.2 Å². The number of methoxy groups -OCH3 is 2.